The van der Waals surface area contributed by atoms with E-state index < -0.39 is 0 Å². The summed E-state index contributed by atoms with van der Waals surface area (Å²) in [5.41, 5.74) is 2.38. The van der Waals surface area contributed by atoms with Crippen molar-refractivity contribution in [3.8, 4) is 0 Å². The van der Waals surface area contributed by atoms with Gasteiger partial charge in [0.1, 0.15) is 0 Å². The molecule has 1 aromatic rings. The lowest BCUT2D eigenvalue weighted by atomic mass is 9.90. The molecule has 1 aliphatic carbocycles. The first-order chi connectivity index (χ1) is 8.19. The summed E-state index contributed by atoms with van der Waals surface area (Å²) in [7, 11) is 0. The van der Waals surface area contributed by atoms with Crippen LogP contribution in [0.1, 0.15) is 47.1 Å². The molecule has 100 valence electrons. The van der Waals surface area contributed by atoms with Gasteiger partial charge in [-0.3, -0.25) is 0 Å². The zero-order chi connectivity index (χ0) is 13.6. The van der Waals surface area contributed by atoms with Gasteiger partial charge < -0.3 is 5.32 Å². The number of nitrogens with one attached hydrogen (secondary N) is 1. The Bertz CT molecular complexity index is 413. The minimum absolute atomic E-state index is 0.205. The minimum atomic E-state index is 0.205. The van der Waals surface area contributed by atoms with Crippen molar-refractivity contribution in [2.24, 2.45) is 11.3 Å². The summed E-state index contributed by atoms with van der Waals surface area (Å²) in [5, 5.41) is 3.66. The van der Waals surface area contributed by atoms with Crippen LogP contribution in [0.5, 0.6) is 0 Å². The van der Waals surface area contributed by atoms with E-state index in [0.717, 1.165) is 6.54 Å². The van der Waals surface area contributed by atoms with Crippen molar-refractivity contribution in [1.82, 2.24) is 5.32 Å². The molecule has 0 aromatic heterocycles. The van der Waals surface area contributed by atoms with Gasteiger partial charge in [0.05, 0.1) is 0 Å². The SMILES string of the molecule is CC(C)(C)NCC1C(C)(C)C1(C)c1ccccc1. The Hall–Kier alpha value is -0.820. The number of hydrogen-bond donors (Lipinski definition) is 1. The highest BCUT2D eigenvalue weighted by molar-refractivity contribution is 5.39. The molecular weight excluding hydrogens is 218 g/mol. The van der Waals surface area contributed by atoms with Gasteiger partial charge in [0.2, 0.25) is 0 Å². The Morgan fingerprint density at radius 1 is 1.06 bits per heavy atom. The van der Waals surface area contributed by atoms with E-state index in [1.165, 1.54) is 5.56 Å². The fourth-order valence-electron chi connectivity index (χ4n) is 3.33. The van der Waals surface area contributed by atoms with Crippen LogP contribution in [-0.2, 0) is 5.41 Å². The second kappa shape index (κ2) is 4.09. The van der Waals surface area contributed by atoms with Crippen molar-refractivity contribution in [2.45, 2.75) is 52.5 Å². The molecule has 1 aromatic carbocycles. The van der Waals surface area contributed by atoms with E-state index in [1.54, 1.807) is 0 Å². The molecule has 1 N–H and O–H groups in total. The van der Waals surface area contributed by atoms with Crippen LogP contribution in [0.4, 0.5) is 0 Å². The molecule has 2 unspecified atom stereocenters. The lowest BCUT2D eigenvalue weighted by Crippen LogP contribution is -2.38. The van der Waals surface area contributed by atoms with Crippen LogP contribution in [0.15, 0.2) is 30.3 Å². The van der Waals surface area contributed by atoms with Gasteiger partial charge in [-0.1, -0.05) is 51.1 Å². The predicted molar refractivity (Wildman–Crippen MR) is 78.8 cm³/mol. The highest BCUT2D eigenvalue weighted by atomic mass is 15.0. The molecule has 0 amide bonds. The normalized spacial score (nSPS) is 30.2. The van der Waals surface area contributed by atoms with Crippen LogP contribution in [0.25, 0.3) is 0 Å². The first-order valence-electron chi connectivity index (χ1n) is 7.00. The molecule has 1 aliphatic rings. The molecule has 0 aliphatic heterocycles. The molecular formula is C17H27N. The second-order valence-electron chi connectivity index (χ2n) is 7.47. The quantitative estimate of drug-likeness (QED) is 0.849. The van der Waals surface area contributed by atoms with Gasteiger partial charge in [0.15, 0.2) is 0 Å². The molecule has 0 spiro atoms. The van der Waals surface area contributed by atoms with Gasteiger partial charge in [0.25, 0.3) is 0 Å². The molecule has 1 saturated carbocycles. The van der Waals surface area contributed by atoms with Crippen molar-refractivity contribution in [1.29, 1.82) is 0 Å². The zero-order valence-electron chi connectivity index (χ0n) is 12.7. The molecule has 2 atom stereocenters. The van der Waals surface area contributed by atoms with Crippen LogP contribution in [0.2, 0.25) is 0 Å². The Kier molecular flexibility index (Phi) is 3.09. The fraction of sp³-hybridized carbons (Fsp3) is 0.647. The van der Waals surface area contributed by atoms with E-state index in [2.05, 4.69) is 77.2 Å². The van der Waals surface area contributed by atoms with Gasteiger partial charge in [0, 0.05) is 11.0 Å². The molecule has 0 radical (unpaired) electrons. The predicted octanol–water partition coefficient (Wildman–Crippen LogP) is 3.99. The number of rotatable bonds is 3. The zero-order valence-corrected chi connectivity index (χ0v) is 12.7. The number of hydrogen-bond acceptors (Lipinski definition) is 1. The Balaban J connectivity index is 2.15. The van der Waals surface area contributed by atoms with Gasteiger partial charge in [-0.25, -0.2) is 0 Å². The van der Waals surface area contributed by atoms with E-state index in [4.69, 9.17) is 0 Å². The summed E-state index contributed by atoms with van der Waals surface area (Å²) >= 11 is 0. The Morgan fingerprint density at radius 3 is 2.11 bits per heavy atom. The smallest absolute Gasteiger partial charge is 0.00966 e. The van der Waals surface area contributed by atoms with Crippen molar-refractivity contribution < 1.29 is 0 Å². The molecule has 1 nitrogen and oxygen atoms in total. The van der Waals surface area contributed by atoms with Gasteiger partial charge >= 0.3 is 0 Å². The lowest BCUT2D eigenvalue weighted by Gasteiger charge is -2.21. The third-order valence-electron chi connectivity index (χ3n) is 5.03. The third kappa shape index (κ3) is 2.09. The average molecular weight is 245 g/mol. The van der Waals surface area contributed by atoms with Gasteiger partial charge in [-0.05, 0) is 44.2 Å². The summed E-state index contributed by atoms with van der Waals surface area (Å²) in [6, 6.07) is 11.0. The molecule has 1 heteroatoms. The first-order valence-corrected chi connectivity index (χ1v) is 7.00. The van der Waals surface area contributed by atoms with Crippen molar-refractivity contribution in [3.05, 3.63) is 35.9 Å². The monoisotopic (exact) mass is 245 g/mol. The van der Waals surface area contributed by atoms with E-state index in [9.17, 15) is 0 Å². The topological polar surface area (TPSA) is 12.0 Å². The Labute approximate surface area is 112 Å². The maximum absolute atomic E-state index is 3.66. The highest BCUT2D eigenvalue weighted by Gasteiger charge is 2.67. The van der Waals surface area contributed by atoms with Crippen LogP contribution in [0.3, 0.4) is 0 Å². The largest absolute Gasteiger partial charge is 0.312 e. The van der Waals surface area contributed by atoms with Crippen LogP contribution >= 0.6 is 0 Å². The maximum Gasteiger partial charge on any atom is 0.00966 e. The molecule has 18 heavy (non-hydrogen) atoms. The summed E-state index contributed by atoms with van der Waals surface area (Å²) in [5.74, 6) is 0.714. The maximum atomic E-state index is 3.66. The van der Waals surface area contributed by atoms with Crippen molar-refractivity contribution in [2.75, 3.05) is 6.54 Å². The summed E-state index contributed by atoms with van der Waals surface area (Å²) in [6.45, 7) is 15.0. The third-order valence-corrected chi connectivity index (χ3v) is 5.03. The van der Waals surface area contributed by atoms with Crippen LogP contribution in [-0.4, -0.2) is 12.1 Å². The molecule has 2 rings (SSSR count). The highest BCUT2D eigenvalue weighted by Crippen LogP contribution is 2.68. The standard InChI is InChI=1S/C17H27N/c1-15(2,3)18-12-14-16(4,5)17(14,6)13-10-8-7-9-11-13/h7-11,14,18H,12H2,1-6H3. The average Bonchev–Trinajstić information content (AvgIpc) is 2.71. The molecule has 1 fully saturated rings. The van der Waals surface area contributed by atoms with Gasteiger partial charge in [-0.2, -0.15) is 0 Å². The van der Waals surface area contributed by atoms with Crippen LogP contribution < -0.4 is 5.32 Å². The molecule has 0 heterocycles. The van der Waals surface area contributed by atoms with E-state index in [0.29, 0.717) is 16.7 Å². The fourth-order valence-corrected chi connectivity index (χ4v) is 3.33. The van der Waals surface area contributed by atoms with E-state index >= 15 is 0 Å². The second-order valence-corrected chi connectivity index (χ2v) is 7.47. The summed E-state index contributed by atoms with van der Waals surface area (Å²) in [4.78, 5) is 0. The van der Waals surface area contributed by atoms with Crippen molar-refractivity contribution >= 4 is 0 Å². The van der Waals surface area contributed by atoms with Gasteiger partial charge in [-0.15, -0.1) is 0 Å². The Morgan fingerprint density at radius 2 is 1.61 bits per heavy atom. The van der Waals surface area contributed by atoms with Crippen LogP contribution in [0, 0.1) is 11.3 Å². The summed E-state index contributed by atoms with van der Waals surface area (Å²) in [6.07, 6.45) is 0. The first kappa shape index (κ1) is 13.6. The lowest BCUT2D eigenvalue weighted by molar-refractivity contribution is 0.395. The van der Waals surface area contributed by atoms with E-state index in [1.807, 2.05) is 0 Å². The molecule has 0 saturated heterocycles. The minimum Gasteiger partial charge on any atom is -0.312 e. The van der Waals surface area contributed by atoms with E-state index in [-0.39, 0.29) is 5.54 Å². The number of benzene rings is 1. The van der Waals surface area contributed by atoms with Crippen molar-refractivity contribution in [3.63, 3.8) is 0 Å². The molecule has 0 bridgehead atoms. The summed E-state index contributed by atoms with van der Waals surface area (Å²) < 4.78 is 0.